The maximum Gasteiger partial charge on any atom is 0.301 e. The predicted molar refractivity (Wildman–Crippen MR) is 175 cm³/mol. The van der Waals surface area contributed by atoms with Crippen LogP contribution >= 0.6 is 34.7 Å². The highest BCUT2D eigenvalue weighted by Gasteiger charge is 2.48. The zero-order chi connectivity index (χ0) is 31.3. The molecule has 1 amide bonds. The predicted octanol–water partition coefficient (Wildman–Crippen LogP) is 7.45. The second kappa shape index (κ2) is 13.9. The lowest BCUT2D eigenvalue weighted by atomic mass is 9.95. The van der Waals surface area contributed by atoms with E-state index in [9.17, 15) is 14.7 Å². The van der Waals surface area contributed by atoms with Crippen molar-refractivity contribution in [3.8, 4) is 17.2 Å². The minimum absolute atomic E-state index is 0.0692. The van der Waals surface area contributed by atoms with Crippen molar-refractivity contribution < 1.29 is 28.9 Å². The summed E-state index contributed by atoms with van der Waals surface area (Å²) in [4.78, 5) is 28.7. The van der Waals surface area contributed by atoms with E-state index < -0.39 is 17.7 Å². The molecule has 1 N–H and O–H groups in total. The average molecular weight is 664 g/mol. The molecule has 0 spiro atoms. The van der Waals surface area contributed by atoms with Gasteiger partial charge in [-0.05, 0) is 53.9 Å². The van der Waals surface area contributed by atoms with E-state index in [1.165, 1.54) is 28.0 Å². The second-order valence-corrected chi connectivity index (χ2v) is 13.0. The number of thioether (sulfide) groups is 1. The smallest absolute Gasteiger partial charge is 0.301 e. The van der Waals surface area contributed by atoms with Gasteiger partial charge in [0, 0.05) is 16.3 Å². The number of Topliss-reactive ketones (excluding diaryl/α,β-unsaturated/α-hetero) is 1. The van der Waals surface area contributed by atoms with Crippen LogP contribution in [-0.2, 0) is 15.3 Å². The molecular formula is C33H30ClN3O6S2. The minimum Gasteiger partial charge on any atom is -0.507 e. The molecular weight excluding hydrogens is 634 g/mol. The van der Waals surface area contributed by atoms with Crippen LogP contribution in [0.5, 0.6) is 17.2 Å². The average Bonchev–Trinajstić information content (AvgIpc) is 3.64. The van der Waals surface area contributed by atoms with Gasteiger partial charge in [0.2, 0.25) is 5.13 Å². The molecule has 1 fully saturated rings. The fourth-order valence-electron chi connectivity index (χ4n) is 5.12. The molecule has 0 bridgehead atoms. The maximum atomic E-state index is 13.7. The Bertz CT molecular complexity index is 1760. The molecule has 9 nitrogen and oxygen atoms in total. The Balaban J connectivity index is 1.38. The number of halogens is 1. The number of hydrogen-bond acceptors (Lipinski definition) is 10. The Morgan fingerprint density at radius 3 is 2.69 bits per heavy atom. The van der Waals surface area contributed by atoms with Crippen LogP contribution in [0, 0.1) is 0 Å². The highest BCUT2D eigenvalue weighted by atomic mass is 35.5. The number of ketones is 1. The number of aromatic nitrogens is 2. The van der Waals surface area contributed by atoms with Gasteiger partial charge in [-0.1, -0.05) is 84.8 Å². The summed E-state index contributed by atoms with van der Waals surface area (Å²) in [5, 5.41) is 21.1. The zero-order valence-corrected chi connectivity index (χ0v) is 26.8. The highest BCUT2D eigenvalue weighted by molar-refractivity contribution is 8.00. The molecule has 0 aliphatic carbocycles. The number of aliphatic hydroxyl groups is 1. The van der Waals surface area contributed by atoms with Crippen molar-refractivity contribution in [1.82, 2.24) is 10.2 Å². The van der Waals surface area contributed by atoms with Crippen molar-refractivity contribution in [2.75, 3.05) is 24.7 Å². The number of aliphatic hydroxyl groups excluding tert-OH is 1. The van der Waals surface area contributed by atoms with Crippen LogP contribution in [0.3, 0.4) is 0 Å². The van der Waals surface area contributed by atoms with Crippen LogP contribution in [0.2, 0.25) is 5.02 Å². The number of nitrogens with zero attached hydrogens (tertiary/aromatic N) is 3. The molecule has 1 unspecified atom stereocenters. The summed E-state index contributed by atoms with van der Waals surface area (Å²) in [5.41, 5.74) is 1.78. The van der Waals surface area contributed by atoms with Gasteiger partial charge in [-0.15, -0.1) is 10.2 Å². The lowest BCUT2D eigenvalue weighted by molar-refractivity contribution is -0.132. The normalized spacial score (nSPS) is 17.1. The Labute approximate surface area is 273 Å². The van der Waals surface area contributed by atoms with Gasteiger partial charge in [0.25, 0.3) is 5.78 Å². The lowest BCUT2D eigenvalue weighted by Gasteiger charge is -2.23. The van der Waals surface area contributed by atoms with E-state index in [1.807, 2.05) is 30.3 Å². The molecule has 3 heterocycles. The van der Waals surface area contributed by atoms with Crippen molar-refractivity contribution in [1.29, 1.82) is 0 Å². The quantitative estimate of drug-likeness (QED) is 0.0437. The Hall–Kier alpha value is -4.06. The third kappa shape index (κ3) is 6.66. The zero-order valence-electron chi connectivity index (χ0n) is 24.4. The molecule has 45 heavy (non-hydrogen) atoms. The molecule has 6 rings (SSSR count). The Kier molecular flexibility index (Phi) is 9.58. The van der Waals surface area contributed by atoms with Gasteiger partial charge in [-0.2, -0.15) is 0 Å². The van der Waals surface area contributed by atoms with E-state index in [1.54, 1.807) is 36.4 Å². The van der Waals surface area contributed by atoms with Gasteiger partial charge in [0.15, 0.2) is 15.8 Å². The molecule has 0 saturated carbocycles. The molecule has 0 radical (unpaired) electrons. The van der Waals surface area contributed by atoms with Crippen LogP contribution in [0.1, 0.15) is 48.9 Å². The lowest BCUT2D eigenvalue weighted by Crippen LogP contribution is -2.29. The molecule has 12 heteroatoms. The second-order valence-electron chi connectivity index (χ2n) is 10.4. The maximum absolute atomic E-state index is 13.7. The van der Waals surface area contributed by atoms with Gasteiger partial charge in [-0.3, -0.25) is 14.5 Å². The molecule has 1 atom stereocenters. The monoisotopic (exact) mass is 663 g/mol. The molecule has 232 valence electrons. The summed E-state index contributed by atoms with van der Waals surface area (Å²) >= 11 is 8.95. The number of fused-ring (bicyclic) bond motifs is 1. The number of hydrogen-bond donors (Lipinski definition) is 1. The summed E-state index contributed by atoms with van der Waals surface area (Å²) < 4.78 is 17.9. The molecule has 1 aromatic heterocycles. The summed E-state index contributed by atoms with van der Waals surface area (Å²) in [6.07, 6.45) is 3.02. The number of rotatable bonds is 11. The summed E-state index contributed by atoms with van der Waals surface area (Å²) in [7, 11) is 0. The fraction of sp³-hybridized carbons (Fsp3) is 0.273. The molecule has 2 aliphatic heterocycles. The van der Waals surface area contributed by atoms with Crippen LogP contribution in [0.15, 0.2) is 76.6 Å². The van der Waals surface area contributed by atoms with Gasteiger partial charge in [-0.25, -0.2) is 0 Å². The van der Waals surface area contributed by atoms with Gasteiger partial charge in [0.05, 0.1) is 18.2 Å². The van der Waals surface area contributed by atoms with E-state index in [-0.39, 0.29) is 16.5 Å². The van der Waals surface area contributed by atoms with E-state index >= 15 is 0 Å². The van der Waals surface area contributed by atoms with E-state index in [2.05, 4.69) is 17.1 Å². The number of amides is 1. The molecule has 4 aromatic rings. The first-order valence-corrected chi connectivity index (χ1v) is 16.8. The van der Waals surface area contributed by atoms with Crippen molar-refractivity contribution in [2.24, 2.45) is 0 Å². The van der Waals surface area contributed by atoms with Crippen molar-refractivity contribution in [2.45, 2.75) is 42.3 Å². The Morgan fingerprint density at radius 2 is 1.87 bits per heavy atom. The first kappa shape index (κ1) is 30.9. The highest BCUT2D eigenvalue weighted by Crippen LogP contribution is 2.45. The number of anilines is 1. The summed E-state index contributed by atoms with van der Waals surface area (Å²) in [5.74, 6) is 0.167. The standard InChI is InChI=1S/C33H30ClN3O6S2/c1-2-3-6-14-41-23-10-7-9-20(17-23)28-27(29(38)21-12-13-25-26(18-21)43-16-15-42-25)30(39)31(40)37(28)32-35-36-33(45-32)44-19-22-8-4-5-11-24(22)34/h4-5,7-13,17-18,28,38H,2-3,6,14-16,19H2,1H3/b29-27-. The summed E-state index contributed by atoms with van der Waals surface area (Å²) in [6, 6.07) is 18.7. The van der Waals surface area contributed by atoms with E-state index in [4.69, 9.17) is 25.8 Å². The molecule has 1 saturated heterocycles. The number of ether oxygens (including phenoxy) is 3. The topological polar surface area (TPSA) is 111 Å². The van der Waals surface area contributed by atoms with Crippen LogP contribution in [-0.4, -0.2) is 46.8 Å². The number of carbonyl (C=O) groups excluding carboxylic acids is 2. The van der Waals surface area contributed by atoms with Crippen LogP contribution in [0.4, 0.5) is 5.13 Å². The first-order valence-electron chi connectivity index (χ1n) is 14.6. The largest absolute Gasteiger partial charge is 0.507 e. The van der Waals surface area contributed by atoms with Crippen molar-refractivity contribution in [3.63, 3.8) is 0 Å². The fourth-order valence-corrected chi connectivity index (χ4v) is 7.27. The number of unbranched alkanes of at least 4 members (excludes halogenated alkanes) is 2. The van der Waals surface area contributed by atoms with Crippen LogP contribution in [0.25, 0.3) is 5.76 Å². The first-order chi connectivity index (χ1) is 21.9. The van der Waals surface area contributed by atoms with Gasteiger partial charge >= 0.3 is 5.91 Å². The number of benzene rings is 3. The number of carbonyl (C=O) groups is 2. The SMILES string of the molecule is CCCCCOc1cccc(C2/C(=C(/O)c3ccc4c(c3)OCCO4)C(=O)C(=O)N2c2nnc(SCc3ccccc3Cl)s2)c1. The van der Waals surface area contributed by atoms with Crippen molar-refractivity contribution in [3.05, 3.63) is 94.0 Å². The summed E-state index contributed by atoms with van der Waals surface area (Å²) in [6.45, 7) is 3.44. The van der Waals surface area contributed by atoms with Gasteiger partial charge < -0.3 is 19.3 Å². The van der Waals surface area contributed by atoms with Gasteiger partial charge in [0.1, 0.15) is 24.7 Å². The van der Waals surface area contributed by atoms with Crippen LogP contribution < -0.4 is 19.1 Å². The third-order valence-corrected chi connectivity index (χ3v) is 9.83. The minimum atomic E-state index is -0.980. The molecule has 3 aromatic carbocycles. The van der Waals surface area contributed by atoms with Crippen molar-refractivity contribution >= 4 is 57.3 Å². The third-order valence-electron chi connectivity index (χ3n) is 7.36. The molecule has 2 aliphatic rings. The van der Waals surface area contributed by atoms with E-state index in [0.29, 0.717) is 63.3 Å². The van der Waals surface area contributed by atoms with E-state index in [0.717, 1.165) is 24.8 Å². The Morgan fingerprint density at radius 1 is 1.04 bits per heavy atom.